The van der Waals surface area contributed by atoms with Gasteiger partial charge in [-0.1, -0.05) is 19.1 Å². The van der Waals surface area contributed by atoms with Gasteiger partial charge in [0.1, 0.15) is 6.23 Å². The summed E-state index contributed by atoms with van der Waals surface area (Å²) in [5.41, 5.74) is 0.573. The van der Waals surface area contributed by atoms with E-state index in [9.17, 15) is 18.3 Å². The summed E-state index contributed by atoms with van der Waals surface area (Å²) in [6, 6.07) is 9.08. The molecule has 0 aliphatic carbocycles. The molecule has 0 bridgehead atoms. The Balaban J connectivity index is 1.69. The number of aliphatic hydroxyl groups is 1. The van der Waals surface area contributed by atoms with Gasteiger partial charge in [0.2, 0.25) is 5.95 Å². The molecule has 8 nitrogen and oxygen atoms in total. The van der Waals surface area contributed by atoms with Gasteiger partial charge in [-0.05, 0) is 36.4 Å². The summed E-state index contributed by atoms with van der Waals surface area (Å²) in [6.45, 7) is 2.16. The zero-order valence-corrected chi connectivity index (χ0v) is 16.7. The number of aromatic nitrogens is 5. The first-order valence-electron chi connectivity index (χ1n) is 9.50. The number of hydrogen-bond acceptors (Lipinski definition) is 6. The van der Waals surface area contributed by atoms with E-state index in [0.717, 1.165) is 17.0 Å². The fourth-order valence-corrected chi connectivity index (χ4v) is 3.23. The molecule has 0 fully saturated rings. The number of rotatable bonds is 6. The van der Waals surface area contributed by atoms with Gasteiger partial charge in [-0.3, -0.25) is 10.4 Å². The van der Waals surface area contributed by atoms with Gasteiger partial charge in [0.05, 0.1) is 17.3 Å². The molecule has 0 spiro atoms. The molecule has 0 radical (unpaired) electrons. The van der Waals surface area contributed by atoms with Gasteiger partial charge < -0.3 is 10.4 Å². The Labute approximate surface area is 175 Å². The average Bonchev–Trinajstić information content (AvgIpc) is 3.33. The highest BCUT2D eigenvalue weighted by Crippen LogP contribution is 2.38. The number of aliphatic hydroxyl groups excluding tert-OH is 1. The van der Waals surface area contributed by atoms with Crippen LogP contribution in [0.1, 0.15) is 24.3 Å². The molecule has 11 heteroatoms. The van der Waals surface area contributed by atoms with E-state index in [-0.39, 0.29) is 22.9 Å². The third-order valence-electron chi connectivity index (χ3n) is 4.76. The van der Waals surface area contributed by atoms with E-state index >= 15 is 0 Å². The normalized spacial score (nSPS) is 13.0. The van der Waals surface area contributed by atoms with Crippen LogP contribution in [0.2, 0.25) is 0 Å². The number of nitrogens with one attached hydrogen (secondary N) is 3. The number of benzene rings is 2. The zero-order chi connectivity index (χ0) is 22.2. The Morgan fingerprint density at radius 2 is 2.00 bits per heavy atom. The molecule has 31 heavy (non-hydrogen) atoms. The topological polar surface area (TPSA) is 104 Å². The van der Waals surface area contributed by atoms with Crippen molar-refractivity contribution in [3.05, 3.63) is 53.7 Å². The molecule has 162 valence electrons. The van der Waals surface area contributed by atoms with Crippen molar-refractivity contribution >= 4 is 22.5 Å². The molecule has 0 saturated carbocycles. The molecule has 2 aromatic heterocycles. The summed E-state index contributed by atoms with van der Waals surface area (Å²) >= 11 is 0. The van der Waals surface area contributed by atoms with E-state index < -0.39 is 18.0 Å². The van der Waals surface area contributed by atoms with Gasteiger partial charge in [0.25, 0.3) is 0 Å². The van der Waals surface area contributed by atoms with Crippen LogP contribution in [0.5, 0.6) is 0 Å². The van der Waals surface area contributed by atoms with Gasteiger partial charge in [-0.25, -0.2) is 4.68 Å². The second-order valence-corrected chi connectivity index (χ2v) is 6.94. The first kappa shape index (κ1) is 20.8. The van der Waals surface area contributed by atoms with Gasteiger partial charge in [0.15, 0.2) is 5.82 Å². The number of hydrogen-bond donors (Lipinski definition) is 4. The number of alkyl halides is 3. The van der Waals surface area contributed by atoms with E-state index in [1.54, 1.807) is 26.2 Å². The monoisotopic (exact) mass is 431 g/mol. The molecule has 2 heterocycles. The van der Waals surface area contributed by atoms with Crippen molar-refractivity contribution in [1.82, 2.24) is 30.3 Å². The quantitative estimate of drug-likeness (QED) is 0.347. The van der Waals surface area contributed by atoms with E-state index in [2.05, 4.69) is 30.9 Å². The van der Waals surface area contributed by atoms with Crippen LogP contribution in [0.4, 0.5) is 24.8 Å². The zero-order valence-electron chi connectivity index (χ0n) is 16.7. The number of anilines is 2. The Morgan fingerprint density at radius 1 is 1.19 bits per heavy atom. The molecule has 1 unspecified atom stereocenters. The number of aryl methyl sites for hydroxylation is 1. The van der Waals surface area contributed by atoms with Crippen molar-refractivity contribution < 1.29 is 18.3 Å². The Morgan fingerprint density at radius 3 is 2.74 bits per heavy atom. The van der Waals surface area contributed by atoms with Crippen LogP contribution < -0.4 is 10.6 Å². The van der Waals surface area contributed by atoms with Crippen molar-refractivity contribution in [2.24, 2.45) is 7.05 Å². The van der Waals surface area contributed by atoms with Crippen molar-refractivity contribution in [3.8, 4) is 11.4 Å². The summed E-state index contributed by atoms with van der Waals surface area (Å²) in [5, 5.41) is 27.6. The smallest absolute Gasteiger partial charge is 0.374 e. The predicted octanol–water partition coefficient (Wildman–Crippen LogP) is 3.72. The van der Waals surface area contributed by atoms with E-state index in [1.807, 2.05) is 12.1 Å². The Bertz CT molecular complexity index is 1220. The average molecular weight is 431 g/mol. The van der Waals surface area contributed by atoms with Crippen molar-refractivity contribution in [3.63, 3.8) is 0 Å². The fraction of sp³-hybridized carbons (Fsp3) is 0.250. The van der Waals surface area contributed by atoms with Gasteiger partial charge >= 0.3 is 6.18 Å². The second-order valence-electron chi connectivity index (χ2n) is 6.94. The summed E-state index contributed by atoms with van der Waals surface area (Å²) in [6.07, 6.45) is -4.18. The minimum absolute atomic E-state index is 0.0776. The van der Waals surface area contributed by atoms with Gasteiger partial charge in [0, 0.05) is 23.7 Å². The van der Waals surface area contributed by atoms with E-state index in [0.29, 0.717) is 12.2 Å². The first-order chi connectivity index (χ1) is 14.8. The van der Waals surface area contributed by atoms with E-state index in [1.165, 1.54) is 16.8 Å². The second kappa shape index (κ2) is 8.00. The molecular weight excluding hydrogens is 411 g/mol. The molecule has 0 aliphatic heterocycles. The molecule has 0 amide bonds. The molecule has 4 aromatic rings. The molecule has 0 aliphatic rings. The minimum atomic E-state index is -4.64. The highest BCUT2D eigenvalue weighted by atomic mass is 19.4. The lowest BCUT2D eigenvalue weighted by molar-refractivity contribution is -0.137. The lowest BCUT2D eigenvalue weighted by atomic mass is 10.0. The maximum absolute atomic E-state index is 13.7. The van der Waals surface area contributed by atoms with Crippen LogP contribution in [0.15, 0.2) is 42.6 Å². The lowest BCUT2D eigenvalue weighted by Gasteiger charge is -2.16. The summed E-state index contributed by atoms with van der Waals surface area (Å²) < 4.78 is 42.6. The van der Waals surface area contributed by atoms with Crippen LogP contribution >= 0.6 is 0 Å². The van der Waals surface area contributed by atoms with Crippen molar-refractivity contribution in [1.29, 1.82) is 0 Å². The molecule has 2 aromatic carbocycles. The van der Waals surface area contributed by atoms with Crippen LogP contribution in [0, 0.1) is 0 Å². The predicted molar refractivity (Wildman–Crippen MR) is 109 cm³/mol. The largest absolute Gasteiger partial charge is 0.417 e. The van der Waals surface area contributed by atoms with Gasteiger partial charge in [-0.2, -0.15) is 23.3 Å². The SMILES string of the molecule is CCNC(O)c1ccc(-c2nc(Nc3ccc4[nH]ncc4c3)n(C)n2)c(C(F)(F)F)c1. The van der Waals surface area contributed by atoms with E-state index in [4.69, 9.17) is 0 Å². The Kier molecular flexibility index (Phi) is 5.38. The summed E-state index contributed by atoms with van der Waals surface area (Å²) in [5.74, 6) is 0.203. The maximum Gasteiger partial charge on any atom is 0.417 e. The Hall–Kier alpha value is -3.44. The molecule has 0 saturated heterocycles. The number of aromatic amines is 1. The van der Waals surface area contributed by atoms with Crippen molar-refractivity contribution in [2.75, 3.05) is 11.9 Å². The van der Waals surface area contributed by atoms with Gasteiger partial charge in [-0.15, -0.1) is 5.10 Å². The maximum atomic E-state index is 13.7. The van der Waals surface area contributed by atoms with Crippen LogP contribution in [-0.2, 0) is 13.2 Å². The molecule has 4 rings (SSSR count). The van der Waals surface area contributed by atoms with Crippen LogP contribution in [-0.4, -0.2) is 36.6 Å². The molecule has 4 N–H and O–H groups in total. The van der Waals surface area contributed by atoms with Crippen LogP contribution in [0.3, 0.4) is 0 Å². The number of H-pyrrole nitrogens is 1. The third-order valence-corrected chi connectivity index (χ3v) is 4.76. The minimum Gasteiger partial charge on any atom is -0.374 e. The highest BCUT2D eigenvalue weighted by Gasteiger charge is 2.35. The standard InChI is InChI=1S/C20H20F3N7O/c1-3-24-18(31)11-4-6-14(15(9-11)20(21,22)23)17-27-19(30(2)29-17)26-13-5-7-16-12(8-13)10-25-28-16/h4-10,18,24,31H,3H2,1-2H3,(H,25,28)(H,26,27,29). The van der Waals surface area contributed by atoms with Crippen molar-refractivity contribution in [2.45, 2.75) is 19.3 Å². The first-order valence-corrected chi connectivity index (χ1v) is 9.50. The third kappa shape index (κ3) is 4.23. The summed E-state index contributed by atoms with van der Waals surface area (Å²) in [4.78, 5) is 4.27. The fourth-order valence-electron chi connectivity index (χ4n) is 3.23. The summed E-state index contributed by atoms with van der Waals surface area (Å²) in [7, 11) is 1.59. The number of fused-ring (bicyclic) bond motifs is 1. The number of nitrogens with zero attached hydrogens (tertiary/aromatic N) is 4. The number of halogens is 3. The highest BCUT2D eigenvalue weighted by molar-refractivity contribution is 5.82. The van der Waals surface area contributed by atoms with Crippen LogP contribution in [0.25, 0.3) is 22.3 Å². The molecule has 1 atom stereocenters. The lowest BCUT2D eigenvalue weighted by Crippen LogP contribution is -2.21. The molecular formula is C20H20F3N7O.